The van der Waals surface area contributed by atoms with Crippen LogP contribution in [-0.2, 0) is 23.7 Å². The third-order valence-electron chi connectivity index (χ3n) is 2.77. The molecule has 0 aromatic heterocycles. The fourth-order valence-corrected chi connectivity index (χ4v) is 1.37. The predicted molar refractivity (Wildman–Crippen MR) is 64.5 cm³/mol. The van der Waals surface area contributed by atoms with Crippen molar-refractivity contribution in [2.45, 2.75) is 44.3 Å². The lowest BCUT2D eigenvalue weighted by atomic mass is 10.0. The summed E-state index contributed by atoms with van der Waals surface area (Å²) in [5, 5.41) is 0. The number of carbonyl (C=O) groups is 1. The molecule has 0 heterocycles. The zero-order valence-corrected chi connectivity index (χ0v) is 12.7. The Labute approximate surface area is 128 Å². The number of hydrogen-bond acceptors (Lipinski definition) is 5. The maximum absolute atomic E-state index is 12.9. The number of hydrogen-bond donors (Lipinski definition) is 0. The van der Waals surface area contributed by atoms with E-state index in [1.54, 1.807) is 13.8 Å². The van der Waals surface area contributed by atoms with Crippen molar-refractivity contribution in [1.29, 1.82) is 0 Å². The van der Waals surface area contributed by atoms with Gasteiger partial charge in [0, 0.05) is 7.11 Å². The highest BCUT2D eigenvalue weighted by atomic mass is 19.4. The summed E-state index contributed by atoms with van der Waals surface area (Å²) >= 11 is 0. The van der Waals surface area contributed by atoms with Crippen LogP contribution in [0.3, 0.4) is 0 Å². The van der Waals surface area contributed by atoms with Gasteiger partial charge in [0.05, 0.1) is 12.7 Å². The van der Waals surface area contributed by atoms with Gasteiger partial charge in [-0.1, -0.05) is 6.92 Å². The molecular weight excluding hydrogens is 338 g/mol. The van der Waals surface area contributed by atoms with Gasteiger partial charge in [-0.3, -0.25) is 0 Å². The molecule has 138 valence electrons. The molecule has 0 fully saturated rings. The van der Waals surface area contributed by atoms with Crippen LogP contribution in [0.2, 0.25) is 0 Å². The molecule has 11 heteroatoms. The molecule has 0 spiro atoms. The molecule has 0 amide bonds. The number of esters is 1. The van der Waals surface area contributed by atoms with Crippen molar-refractivity contribution < 1.29 is 50.1 Å². The van der Waals surface area contributed by atoms with Gasteiger partial charge in [-0.25, -0.2) is 4.79 Å². The summed E-state index contributed by atoms with van der Waals surface area (Å²) in [5.74, 6) is -2.62. The third-order valence-corrected chi connectivity index (χ3v) is 2.77. The largest absolute Gasteiger partial charge is 0.461 e. The Morgan fingerprint density at radius 3 is 1.96 bits per heavy atom. The first-order valence-electron chi connectivity index (χ1n) is 6.49. The van der Waals surface area contributed by atoms with E-state index in [0.717, 1.165) is 7.11 Å². The van der Waals surface area contributed by atoms with E-state index >= 15 is 0 Å². The van der Waals surface area contributed by atoms with E-state index < -0.39 is 37.3 Å². The highest BCUT2D eigenvalue weighted by Gasteiger charge is 2.78. The van der Waals surface area contributed by atoms with E-state index in [-0.39, 0.29) is 12.7 Å². The molecule has 0 aliphatic heterocycles. The Balaban J connectivity index is 5.15. The molecule has 0 bridgehead atoms. The number of carbonyl (C=O) groups excluding carboxylic acids is 1. The first-order valence-corrected chi connectivity index (χ1v) is 6.49. The van der Waals surface area contributed by atoms with Crippen molar-refractivity contribution in [2.75, 3.05) is 27.1 Å². The minimum absolute atomic E-state index is 0.284. The molecule has 0 aromatic rings. The molecule has 0 aromatic carbocycles. The van der Waals surface area contributed by atoms with Gasteiger partial charge in [-0.15, -0.1) is 0 Å². The van der Waals surface area contributed by atoms with E-state index in [9.17, 15) is 31.1 Å². The lowest BCUT2D eigenvalue weighted by molar-refractivity contribution is -0.379. The third kappa shape index (κ3) is 5.50. The lowest BCUT2D eigenvalue weighted by Gasteiger charge is -2.34. The van der Waals surface area contributed by atoms with Crippen molar-refractivity contribution in [1.82, 2.24) is 0 Å². The second-order valence-corrected chi connectivity index (χ2v) is 4.45. The maximum atomic E-state index is 12.9. The molecule has 1 unspecified atom stereocenters. The zero-order chi connectivity index (χ0) is 18.3. The van der Waals surface area contributed by atoms with Crippen LogP contribution in [0.25, 0.3) is 0 Å². The second-order valence-electron chi connectivity index (χ2n) is 4.45. The number of methoxy groups -OCH3 is 1. The topological polar surface area (TPSA) is 54.0 Å². The van der Waals surface area contributed by atoms with Gasteiger partial charge in [-0.2, -0.15) is 26.3 Å². The quantitative estimate of drug-likeness (QED) is 0.275. The summed E-state index contributed by atoms with van der Waals surface area (Å²) in [6.45, 7) is 0.856. The van der Waals surface area contributed by atoms with Crippen LogP contribution in [0, 0.1) is 0 Å². The Kier molecular flexibility index (Phi) is 8.29. The molecule has 0 N–H and O–H groups in total. The van der Waals surface area contributed by atoms with Crippen molar-refractivity contribution in [3.8, 4) is 0 Å². The summed E-state index contributed by atoms with van der Waals surface area (Å²) in [5.41, 5.74) is -5.12. The van der Waals surface area contributed by atoms with Crippen molar-refractivity contribution in [3.63, 3.8) is 0 Å². The lowest BCUT2D eigenvalue weighted by Crippen LogP contribution is -2.65. The monoisotopic (exact) mass is 356 g/mol. The van der Waals surface area contributed by atoms with E-state index in [0.29, 0.717) is 6.42 Å². The second kappa shape index (κ2) is 8.69. The van der Waals surface area contributed by atoms with E-state index in [2.05, 4.69) is 14.2 Å². The van der Waals surface area contributed by atoms with Crippen LogP contribution >= 0.6 is 0 Å². The molecule has 0 radical (unpaired) electrons. The van der Waals surface area contributed by atoms with Crippen LogP contribution in [0.1, 0.15) is 20.3 Å². The van der Waals surface area contributed by atoms with Gasteiger partial charge in [-0.05, 0) is 13.3 Å². The number of alkyl halides is 6. The van der Waals surface area contributed by atoms with Crippen LogP contribution in [0.5, 0.6) is 0 Å². The first-order chi connectivity index (χ1) is 10.4. The molecular formula is C12H18F6O5. The molecule has 0 aliphatic carbocycles. The van der Waals surface area contributed by atoms with E-state index in [1.807, 2.05) is 0 Å². The fraction of sp³-hybridized carbons (Fsp3) is 0.917. The summed E-state index contributed by atoms with van der Waals surface area (Å²) in [4.78, 5) is 11.5. The Hall–Kier alpha value is -1.07. The summed E-state index contributed by atoms with van der Waals surface area (Å²) in [7, 11) is 0.808. The average Bonchev–Trinajstić information content (AvgIpc) is 2.40. The highest BCUT2D eigenvalue weighted by Crippen LogP contribution is 2.46. The van der Waals surface area contributed by atoms with E-state index in [1.165, 1.54) is 0 Å². The Morgan fingerprint density at radius 1 is 1.04 bits per heavy atom. The van der Waals surface area contributed by atoms with Crippen molar-refractivity contribution in [2.24, 2.45) is 0 Å². The smallest absolute Gasteiger partial charge is 0.437 e. The summed E-state index contributed by atoms with van der Waals surface area (Å²) in [6.07, 6.45) is -11.9. The van der Waals surface area contributed by atoms with Gasteiger partial charge in [0.1, 0.15) is 13.4 Å². The van der Waals surface area contributed by atoms with Gasteiger partial charge in [0.2, 0.25) is 0 Å². The SMILES string of the molecule is CCC(C)OCCOC(=O)C(OCOC)(C(F)(F)F)C(F)(F)F. The van der Waals surface area contributed by atoms with Gasteiger partial charge >= 0.3 is 23.9 Å². The number of rotatable bonds is 9. The highest BCUT2D eigenvalue weighted by molar-refractivity contribution is 5.82. The van der Waals surface area contributed by atoms with Crippen LogP contribution < -0.4 is 0 Å². The molecule has 1 atom stereocenters. The van der Waals surface area contributed by atoms with E-state index in [4.69, 9.17) is 4.74 Å². The molecule has 0 saturated carbocycles. The Bertz CT molecular complexity index is 354. The van der Waals surface area contributed by atoms with Crippen LogP contribution in [0.15, 0.2) is 0 Å². The van der Waals surface area contributed by atoms with Crippen LogP contribution in [0.4, 0.5) is 26.3 Å². The molecule has 0 aliphatic rings. The standard InChI is InChI=1S/C12H18F6O5/c1-4-8(2)21-5-6-22-9(19)10(11(13,14)15,12(16,17)18)23-7-20-3/h8H,4-7H2,1-3H3. The normalized spacial score (nSPS) is 14.7. The minimum Gasteiger partial charge on any atom is -0.461 e. The molecule has 0 saturated heterocycles. The van der Waals surface area contributed by atoms with Gasteiger partial charge in [0.25, 0.3) is 0 Å². The van der Waals surface area contributed by atoms with Gasteiger partial charge < -0.3 is 18.9 Å². The van der Waals surface area contributed by atoms with Gasteiger partial charge in [0.15, 0.2) is 0 Å². The average molecular weight is 356 g/mol. The predicted octanol–water partition coefficient (Wildman–Crippen LogP) is 2.83. The minimum atomic E-state index is -6.08. The number of halogens is 6. The maximum Gasteiger partial charge on any atom is 0.437 e. The molecule has 0 rings (SSSR count). The Morgan fingerprint density at radius 2 is 1.57 bits per heavy atom. The fourth-order valence-electron chi connectivity index (χ4n) is 1.37. The molecule has 5 nitrogen and oxygen atoms in total. The van der Waals surface area contributed by atoms with Crippen LogP contribution in [-0.4, -0.2) is 57.1 Å². The zero-order valence-electron chi connectivity index (χ0n) is 12.7. The first kappa shape index (κ1) is 21.9. The summed E-state index contributed by atoms with van der Waals surface area (Å²) in [6, 6.07) is 0. The number of ether oxygens (including phenoxy) is 4. The van der Waals surface area contributed by atoms with Crippen molar-refractivity contribution >= 4 is 5.97 Å². The molecule has 23 heavy (non-hydrogen) atoms. The summed E-state index contributed by atoms with van der Waals surface area (Å²) < 4.78 is 94.2. The van der Waals surface area contributed by atoms with Crippen molar-refractivity contribution in [3.05, 3.63) is 0 Å².